The molecule has 5 nitrogen and oxygen atoms in total. The molecule has 0 amide bonds. The molecule has 1 aliphatic rings. The molecule has 2 heterocycles. The molecule has 1 aromatic carbocycles. The quantitative estimate of drug-likeness (QED) is 0.931. The smallest absolute Gasteiger partial charge is 0.164 e. The Hall–Kier alpha value is -1.88. The number of hydrogen-bond donors (Lipinski definition) is 1. The maximum absolute atomic E-state index is 5.29. The highest BCUT2D eigenvalue weighted by Gasteiger charge is 2.27. The number of nitrogens with zero attached hydrogens (tertiary/aromatic N) is 3. The monoisotopic (exact) mass is 272 g/mol. The van der Waals surface area contributed by atoms with E-state index in [9.17, 15) is 0 Å². The Morgan fingerprint density at radius 1 is 1.35 bits per heavy atom. The van der Waals surface area contributed by atoms with Crippen LogP contribution in [0.25, 0.3) is 11.4 Å². The second kappa shape index (κ2) is 5.25. The first-order valence-corrected chi connectivity index (χ1v) is 7.01. The van der Waals surface area contributed by atoms with Gasteiger partial charge in [-0.15, -0.1) is 10.2 Å². The summed E-state index contributed by atoms with van der Waals surface area (Å²) in [5, 5.41) is 12.3. The predicted molar refractivity (Wildman–Crippen MR) is 77.6 cm³/mol. The molecule has 1 aliphatic heterocycles. The van der Waals surface area contributed by atoms with Gasteiger partial charge in [0.2, 0.25) is 0 Å². The predicted octanol–water partition coefficient (Wildman–Crippen LogP) is 2.25. The van der Waals surface area contributed by atoms with Gasteiger partial charge in [0.25, 0.3) is 0 Å². The second-order valence-electron chi connectivity index (χ2n) is 5.44. The zero-order valence-corrected chi connectivity index (χ0v) is 12.1. The highest BCUT2D eigenvalue weighted by atomic mass is 16.5. The molecule has 1 aromatic heterocycles. The van der Waals surface area contributed by atoms with Crippen LogP contribution in [0.2, 0.25) is 0 Å². The van der Waals surface area contributed by atoms with Crippen molar-refractivity contribution in [1.82, 2.24) is 20.1 Å². The molecule has 1 atom stereocenters. The first kappa shape index (κ1) is 13.1. The van der Waals surface area contributed by atoms with Gasteiger partial charge in [0, 0.05) is 18.7 Å². The average Bonchev–Trinajstić information content (AvgIpc) is 2.91. The third kappa shape index (κ3) is 2.18. The number of aromatic nitrogens is 3. The molecular formula is C15H20N4O. The van der Waals surface area contributed by atoms with Crippen LogP contribution in [0.3, 0.4) is 0 Å². The van der Waals surface area contributed by atoms with E-state index < -0.39 is 0 Å². The number of methoxy groups -OCH3 is 1. The number of fused-ring (bicyclic) bond motifs is 1. The molecule has 0 fully saturated rings. The van der Waals surface area contributed by atoms with Crippen LogP contribution in [0, 0.1) is 5.92 Å². The molecule has 2 aromatic rings. The number of rotatable bonds is 3. The highest BCUT2D eigenvalue weighted by molar-refractivity contribution is 5.58. The topological polar surface area (TPSA) is 52.0 Å². The van der Waals surface area contributed by atoms with E-state index in [2.05, 4.69) is 33.9 Å². The van der Waals surface area contributed by atoms with Crippen molar-refractivity contribution in [3.63, 3.8) is 0 Å². The van der Waals surface area contributed by atoms with Crippen molar-refractivity contribution in [1.29, 1.82) is 0 Å². The average molecular weight is 272 g/mol. The SMILES string of the molecule is COc1cccc(-c2nnc3n2CCNC3C(C)C)c1. The van der Waals surface area contributed by atoms with Crippen molar-refractivity contribution in [3.05, 3.63) is 30.1 Å². The van der Waals surface area contributed by atoms with Gasteiger partial charge in [-0.25, -0.2) is 0 Å². The van der Waals surface area contributed by atoms with E-state index in [0.717, 1.165) is 36.1 Å². The summed E-state index contributed by atoms with van der Waals surface area (Å²) >= 11 is 0. The summed E-state index contributed by atoms with van der Waals surface area (Å²) in [6, 6.07) is 8.25. The minimum Gasteiger partial charge on any atom is -0.497 e. The van der Waals surface area contributed by atoms with Crippen molar-refractivity contribution in [2.45, 2.75) is 26.4 Å². The highest BCUT2D eigenvalue weighted by Crippen LogP contribution is 2.28. The first-order chi connectivity index (χ1) is 9.70. The summed E-state index contributed by atoms with van der Waals surface area (Å²) < 4.78 is 7.50. The largest absolute Gasteiger partial charge is 0.497 e. The fourth-order valence-electron chi connectivity index (χ4n) is 2.70. The van der Waals surface area contributed by atoms with Gasteiger partial charge < -0.3 is 14.6 Å². The summed E-state index contributed by atoms with van der Waals surface area (Å²) in [5.74, 6) is 3.29. The maximum atomic E-state index is 5.29. The normalized spacial score (nSPS) is 18.1. The molecule has 0 spiro atoms. The standard InChI is InChI=1S/C15H20N4O/c1-10(2)13-15-18-17-14(19(15)8-7-16-13)11-5-4-6-12(9-11)20-3/h4-6,9-10,13,16H,7-8H2,1-3H3. The van der Waals surface area contributed by atoms with Crippen LogP contribution in [0.1, 0.15) is 25.7 Å². The van der Waals surface area contributed by atoms with Crippen LogP contribution in [0.15, 0.2) is 24.3 Å². The fraction of sp³-hybridized carbons (Fsp3) is 0.467. The Kier molecular flexibility index (Phi) is 3.44. The molecule has 3 rings (SSSR count). The van der Waals surface area contributed by atoms with Gasteiger partial charge >= 0.3 is 0 Å². The molecular weight excluding hydrogens is 252 g/mol. The lowest BCUT2D eigenvalue weighted by Gasteiger charge is -2.27. The number of ether oxygens (including phenoxy) is 1. The Morgan fingerprint density at radius 2 is 2.20 bits per heavy atom. The molecule has 106 valence electrons. The van der Waals surface area contributed by atoms with E-state index in [1.165, 1.54) is 0 Å². The van der Waals surface area contributed by atoms with Crippen LogP contribution in [-0.4, -0.2) is 28.4 Å². The Morgan fingerprint density at radius 3 is 2.95 bits per heavy atom. The third-order valence-electron chi connectivity index (χ3n) is 3.75. The zero-order chi connectivity index (χ0) is 14.1. The van der Waals surface area contributed by atoms with Gasteiger partial charge in [-0.05, 0) is 18.1 Å². The minimum absolute atomic E-state index is 0.274. The van der Waals surface area contributed by atoms with Crippen molar-refractivity contribution in [2.75, 3.05) is 13.7 Å². The van der Waals surface area contributed by atoms with Crippen molar-refractivity contribution < 1.29 is 4.74 Å². The zero-order valence-electron chi connectivity index (χ0n) is 12.1. The van der Waals surface area contributed by atoms with E-state index >= 15 is 0 Å². The van der Waals surface area contributed by atoms with Gasteiger partial charge in [0.05, 0.1) is 13.2 Å². The van der Waals surface area contributed by atoms with Gasteiger partial charge in [-0.1, -0.05) is 26.0 Å². The first-order valence-electron chi connectivity index (χ1n) is 7.01. The number of hydrogen-bond acceptors (Lipinski definition) is 4. The molecule has 0 aliphatic carbocycles. The third-order valence-corrected chi connectivity index (χ3v) is 3.75. The molecule has 0 saturated carbocycles. The Labute approximate surface area is 119 Å². The lowest BCUT2D eigenvalue weighted by atomic mass is 10.0. The van der Waals surface area contributed by atoms with Crippen molar-refractivity contribution >= 4 is 0 Å². The van der Waals surface area contributed by atoms with E-state index in [4.69, 9.17) is 4.74 Å². The van der Waals surface area contributed by atoms with Crippen LogP contribution in [0.5, 0.6) is 5.75 Å². The summed E-state index contributed by atoms with van der Waals surface area (Å²) in [6.45, 7) is 6.25. The fourth-order valence-corrected chi connectivity index (χ4v) is 2.70. The molecule has 0 bridgehead atoms. The van der Waals surface area contributed by atoms with Crippen molar-refractivity contribution in [2.24, 2.45) is 5.92 Å². The van der Waals surface area contributed by atoms with E-state index in [1.54, 1.807) is 7.11 Å². The summed E-state index contributed by atoms with van der Waals surface area (Å²) in [4.78, 5) is 0. The van der Waals surface area contributed by atoms with Gasteiger partial charge in [0.1, 0.15) is 5.75 Å². The lowest BCUT2D eigenvalue weighted by Crippen LogP contribution is -2.36. The van der Waals surface area contributed by atoms with Crippen molar-refractivity contribution in [3.8, 4) is 17.1 Å². The van der Waals surface area contributed by atoms with Gasteiger partial charge in [-0.2, -0.15) is 0 Å². The number of benzene rings is 1. The van der Waals surface area contributed by atoms with Crippen LogP contribution in [0.4, 0.5) is 0 Å². The molecule has 5 heteroatoms. The molecule has 0 saturated heterocycles. The molecule has 1 N–H and O–H groups in total. The summed E-state index contributed by atoms with van der Waals surface area (Å²) in [6.07, 6.45) is 0. The van der Waals surface area contributed by atoms with Crippen LogP contribution < -0.4 is 10.1 Å². The van der Waals surface area contributed by atoms with Gasteiger partial charge in [-0.3, -0.25) is 0 Å². The summed E-state index contributed by atoms with van der Waals surface area (Å²) in [5.41, 5.74) is 1.05. The maximum Gasteiger partial charge on any atom is 0.164 e. The minimum atomic E-state index is 0.274. The van der Waals surface area contributed by atoms with E-state index in [0.29, 0.717) is 5.92 Å². The second-order valence-corrected chi connectivity index (χ2v) is 5.44. The molecule has 1 unspecified atom stereocenters. The van der Waals surface area contributed by atoms with Crippen LogP contribution in [-0.2, 0) is 6.54 Å². The lowest BCUT2D eigenvalue weighted by molar-refractivity contribution is 0.339. The van der Waals surface area contributed by atoms with E-state index in [-0.39, 0.29) is 6.04 Å². The number of nitrogens with one attached hydrogen (secondary N) is 1. The van der Waals surface area contributed by atoms with Crippen LogP contribution >= 0.6 is 0 Å². The summed E-state index contributed by atoms with van der Waals surface area (Å²) in [7, 11) is 1.68. The molecule has 0 radical (unpaired) electrons. The Bertz CT molecular complexity index is 606. The molecule has 20 heavy (non-hydrogen) atoms. The van der Waals surface area contributed by atoms with Gasteiger partial charge in [0.15, 0.2) is 11.6 Å². The van der Waals surface area contributed by atoms with E-state index in [1.807, 2.05) is 24.3 Å². The Balaban J connectivity index is 2.03.